The van der Waals surface area contributed by atoms with Crippen LogP contribution in [0.15, 0.2) is 52.4 Å². The lowest BCUT2D eigenvalue weighted by atomic mass is 10.2. The normalized spacial score (nSPS) is 11.1. The van der Waals surface area contributed by atoms with Gasteiger partial charge in [-0.1, -0.05) is 13.8 Å². The van der Waals surface area contributed by atoms with E-state index >= 15 is 0 Å². The number of nitrogens with zero attached hydrogens (tertiary/aromatic N) is 6. The van der Waals surface area contributed by atoms with Crippen LogP contribution in [0.3, 0.4) is 0 Å². The zero-order valence-electron chi connectivity index (χ0n) is 18.8. The van der Waals surface area contributed by atoms with Gasteiger partial charge >= 0.3 is 5.69 Å². The summed E-state index contributed by atoms with van der Waals surface area (Å²) in [6.45, 7) is 4.69. The largest absolute Gasteiger partial charge is 0.332 e. The smallest absolute Gasteiger partial charge is 0.332 e. The Bertz CT molecular complexity index is 1400. The molecule has 1 amide bonds. The summed E-state index contributed by atoms with van der Waals surface area (Å²) in [6, 6.07) is 6.85. The van der Waals surface area contributed by atoms with Gasteiger partial charge in [-0.2, -0.15) is 0 Å². The van der Waals surface area contributed by atoms with E-state index in [9.17, 15) is 14.4 Å². The van der Waals surface area contributed by atoms with Crippen LogP contribution in [-0.2, 0) is 13.1 Å². The van der Waals surface area contributed by atoms with Crippen molar-refractivity contribution < 1.29 is 4.79 Å². The van der Waals surface area contributed by atoms with Gasteiger partial charge in [-0.15, -0.1) is 0 Å². The lowest BCUT2D eigenvalue weighted by Crippen LogP contribution is -2.40. The molecular formula is C23H25N7O3. The summed E-state index contributed by atoms with van der Waals surface area (Å²) < 4.78 is 2.79. The molecule has 0 atom stereocenters. The van der Waals surface area contributed by atoms with Gasteiger partial charge < -0.3 is 4.98 Å². The van der Waals surface area contributed by atoms with Crippen LogP contribution in [0.1, 0.15) is 37.0 Å². The Morgan fingerprint density at radius 1 is 1.06 bits per heavy atom. The third-order valence-electron chi connectivity index (χ3n) is 5.33. The van der Waals surface area contributed by atoms with Crippen molar-refractivity contribution in [3.05, 3.63) is 69.3 Å². The van der Waals surface area contributed by atoms with Crippen LogP contribution < -0.4 is 16.1 Å². The second kappa shape index (κ2) is 9.19. The van der Waals surface area contributed by atoms with Gasteiger partial charge in [0, 0.05) is 44.3 Å². The van der Waals surface area contributed by atoms with Crippen molar-refractivity contribution >= 4 is 22.9 Å². The monoisotopic (exact) mass is 447 g/mol. The molecule has 4 heterocycles. The Morgan fingerprint density at radius 3 is 2.45 bits per heavy atom. The van der Waals surface area contributed by atoms with Crippen LogP contribution in [0.4, 0.5) is 5.82 Å². The molecule has 4 aromatic heterocycles. The SMILES string of the molecule is CCCn1c(=O)c2[nH]c(-c3ccc(N(C)C(=O)c4cccnc4)nc3)nc2n(CCC)c1=O. The van der Waals surface area contributed by atoms with E-state index in [0.717, 1.165) is 6.42 Å². The predicted octanol–water partition coefficient (Wildman–Crippen LogP) is 2.44. The van der Waals surface area contributed by atoms with Gasteiger partial charge in [0.15, 0.2) is 5.65 Å². The van der Waals surface area contributed by atoms with Gasteiger partial charge in [0.2, 0.25) is 0 Å². The van der Waals surface area contributed by atoms with E-state index in [1.807, 2.05) is 13.8 Å². The van der Waals surface area contributed by atoms with Gasteiger partial charge in [0.05, 0.1) is 5.56 Å². The molecular weight excluding hydrogens is 422 g/mol. The Kier molecular flexibility index (Phi) is 6.16. The van der Waals surface area contributed by atoms with E-state index in [1.54, 1.807) is 43.7 Å². The van der Waals surface area contributed by atoms with Gasteiger partial charge in [-0.3, -0.25) is 28.6 Å². The highest BCUT2D eigenvalue weighted by atomic mass is 16.2. The molecule has 0 radical (unpaired) electrons. The molecule has 10 heteroatoms. The van der Waals surface area contributed by atoms with E-state index in [1.165, 1.54) is 20.2 Å². The van der Waals surface area contributed by atoms with Crippen molar-refractivity contribution in [2.24, 2.45) is 0 Å². The summed E-state index contributed by atoms with van der Waals surface area (Å²) in [5, 5.41) is 0. The number of anilines is 1. The number of aromatic amines is 1. The molecule has 0 saturated heterocycles. The van der Waals surface area contributed by atoms with E-state index < -0.39 is 0 Å². The second-order valence-electron chi connectivity index (χ2n) is 7.69. The van der Waals surface area contributed by atoms with Gasteiger partial charge in [0.25, 0.3) is 11.5 Å². The highest BCUT2D eigenvalue weighted by Gasteiger charge is 2.18. The minimum Gasteiger partial charge on any atom is -0.332 e. The summed E-state index contributed by atoms with van der Waals surface area (Å²) >= 11 is 0. The number of carbonyl (C=O) groups excluding carboxylic acids is 1. The van der Waals surface area contributed by atoms with E-state index in [0.29, 0.717) is 53.4 Å². The van der Waals surface area contributed by atoms with Crippen LogP contribution in [0.25, 0.3) is 22.6 Å². The van der Waals surface area contributed by atoms with E-state index in [4.69, 9.17) is 0 Å². The predicted molar refractivity (Wildman–Crippen MR) is 125 cm³/mol. The number of H-pyrrole nitrogens is 1. The highest BCUT2D eigenvalue weighted by molar-refractivity contribution is 6.05. The van der Waals surface area contributed by atoms with Crippen LogP contribution >= 0.6 is 0 Å². The number of pyridine rings is 2. The standard InChI is InChI=1S/C23H25N7O3/c1-4-11-29-20-18(22(32)30(12-5-2)23(29)33)26-19(27-20)15-8-9-17(25-14-15)28(3)21(31)16-7-6-10-24-13-16/h6-10,13-14H,4-5,11-12H2,1-3H3,(H,26,27). The molecule has 0 unspecified atom stereocenters. The van der Waals surface area contributed by atoms with Gasteiger partial charge in [-0.05, 0) is 37.1 Å². The number of nitrogens with one attached hydrogen (secondary N) is 1. The third kappa shape index (κ3) is 4.07. The maximum atomic E-state index is 12.9. The fraction of sp³-hybridized carbons (Fsp3) is 0.304. The Morgan fingerprint density at radius 2 is 1.82 bits per heavy atom. The minimum atomic E-state index is -0.380. The maximum Gasteiger partial charge on any atom is 0.332 e. The fourth-order valence-corrected chi connectivity index (χ4v) is 3.66. The second-order valence-corrected chi connectivity index (χ2v) is 7.69. The number of aryl methyl sites for hydroxylation is 1. The average molecular weight is 447 g/mol. The van der Waals surface area contributed by atoms with Gasteiger partial charge in [0.1, 0.15) is 17.2 Å². The lowest BCUT2D eigenvalue weighted by Gasteiger charge is -2.16. The molecule has 10 nitrogen and oxygen atoms in total. The van der Waals surface area contributed by atoms with E-state index in [-0.39, 0.29) is 17.2 Å². The molecule has 170 valence electrons. The molecule has 0 saturated carbocycles. The first-order chi connectivity index (χ1) is 16.0. The number of carbonyl (C=O) groups is 1. The first-order valence-electron chi connectivity index (χ1n) is 10.8. The Labute approximate surface area is 189 Å². The minimum absolute atomic E-state index is 0.229. The molecule has 0 aliphatic heterocycles. The van der Waals surface area contributed by atoms with Gasteiger partial charge in [-0.25, -0.2) is 14.8 Å². The first kappa shape index (κ1) is 22.1. The van der Waals surface area contributed by atoms with Crippen LogP contribution in [-0.4, -0.2) is 42.0 Å². The van der Waals surface area contributed by atoms with Crippen LogP contribution in [0, 0.1) is 0 Å². The molecule has 33 heavy (non-hydrogen) atoms. The Hall–Kier alpha value is -4.08. The topological polar surface area (TPSA) is 119 Å². The average Bonchev–Trinajstić information content (AvgIpc) is 3.30. The Balaban J connectivity index is 1.72. The molecule has 0 aliphatic carbocycles. The molecule has 0 bridgehead atoms. The quantitative estimate of drug-likeness (QED) is 0.465. The van der Waals surface area contributed by atoms with Crippen molar-refractivity contribution in [3.8, 4) is 11.4 Å². The van der Waals surface area contributed by atoms with Crippen LogP contribution in [0.5, 0.6) is 0 Å². The van der Waals surface area contributed by atoms with Crippen molar-refractivity contribution in [1.29, 1.82) is 0 Å². The maximum absolute atomic E-state index is 12.9. The lowest BCUT2D eigenvalue weighted by molar-refractivity contribution is 0.0992. The summed E-state index contributed by atoms with van der Waals surface area (Å²) in [5.74, 6) is 0.657. The van der Waals surface area contributed by atoms with Crippen molar-refractivity contribution in [2.75, 3.05) is 11.9 Å². The number of hydrogen-bond acceptors (Lipinski definition) is 6. The summed E-state index contributed by atoms with van der Waals surface area (Å²) in [7, 11) is 1.64. The molecule has 1 N–H and O–H groups in total. The number of rotatable bonds is 7. The number of hydrogen-bond donors (Lipinski definition) is 1. The molecule has 0 fully saturated rings. The zero-order chi connectivity index (χ0) is 23.5. The summed E-state index contributed by atoms with van der Waals surface area (Å²) in [6.07, 6.45) is 6.09. The summed E-state index contributed by atoms with van der Waals surface area (Å²) in [4.78, 5) is 55.8. The number of amides is 1. The van der Waals surface area contributed by atoms with E-state index in [2.05, 4.69) is 19.9 Å². The summed E-state index contributed by atoms with van der Waals surface area (Å²) in [5.41, 5.74) is 0.990. The third-order valence-corrected chi connectivity index (χ3v) is 5.33. The number of aromatic nitrogens is 6. The molecule has 0 spiro atoms. The molecule has 4 rings (SSSR count). The van der Waals surface area contributed by atoms with Crippen molar-refractivity contribution in [3.63, 3.8) is 0 Å². The first-order valence-corrected chi connectivity index (χ1v) is 10.8. The van der Waals surface area contributed by atoms with Crippen molar-refractivity contribution in [2.45, 2.75) is 39.8 Å². The van der Waals surface area contributed by atoms with Crippen LogP contribution in [0.2, 0.25) is 0 Å². The number of fused-ring (bicyclic) bond motifs is 1. The molecule has 4 aromatic rings. The highest BCUT2D eigenvalue weighted by Crippen LogP contribution is 2.21. The fourth-order valence-electron chi connectivity index (χ4n) is 3.66. The number of imidazole rings is 1. The molecule has 0 aliphatic rings. The molecule has 0 aromatic carbocycles. The van der Waals surface area contributed by atoms with Crippen molar-refractivity contribution in [1.82, 2.24) is 29.1 Å². The zero-order valence-corrected chi connectivity index (χ0v) is 18.8.